The predicted molar refractivity (Wildman–Crippen MR) is 125 cm³/mol. The Kier molecular flexibility index (Phi) is 7.00. The van der Waals surface area contributed by atoms with Gasteiger partial charge in [-0.05, 0) is 69.7 Å². The molecule has 2 aromatic carbocycles. The van der Waals surface area contributed by atoms with Crippen LogP contribution in [0, 0.1) is 6.92 Å². The lowest BCUT2D eigenvalue weighted by Crippen LogP contribution is -2.37. The predicted octanol–water partition coefficient (Wildman–Crippen LogP) is 3.88. The molecule has 1 aromatic heterocycles. The number of hydrogen-bond donors (Lipinski definition) is 1. The summed E-state index contributed by atoms with van der Waals surface area (Å²) in [5.74, 6) is -1.25. The Balaban J connectivity index is 2.13. The monoisotopic (exact) mass is 471 g/mol. The van der Waals surface area contributed by atoms with Crippen molar-refractivity contribution < 1.29 is 27.8 Å². The summed E-state index contributed by atoms with van der Waals surface area (Å²) in [4.78, 5) is 12.9. The fraction of sp³-hybridized carbons (Fsp3) is 0.320. The Morgan fingerprint density at radius 1 is 1.00 bits per heavy atom. The Morgan fingerprint density at radius 2 is 1.61 bits per heavy atom. The second-order valence-electron chi connectivity index (χ2n) is 8.78. The van der Waals surface area contributed by atoms with E-state index in [1.165, 1.54) is 25.4 Å². The number of aryl methyl sites for hydroxylation is 1. The summed E-state index contributed by atoms with van der Waals surface area (Å²) >= 11 is 0. The van der Waals surface area contributed by atoms with Crippen LogP contribution < -0.4 is 4.74 Å². The van der Waals surface area contributed by atoms with Crippen LogP contribution in [0.15, 0.2) is 71.8 Å². The summed E-state index contributed by atoms with van der Waals surface area (Å²) in [5, 5.41) is 11.1. The molecule has 33 heavy (non-hydrogen) atoms. The number of aromatic nitrogens is 1. The number of nitrogens with zero attached hydrogens (tertiary/aromatic N) is 1. The molecule has 0 spiro atoms. The van der Waals surface area contributed by atoms with Crippen LogP contribution in [0.2, 0.25) is 0 Å². The van der Waals surface area contributed by atoms with E-state index in [4.69, 9.17) is 9.47 Å². The first kappa shape index (κ1) is 24.5. The van der Waals surface area contributed by atoms with E-state index in [0.717, 1.165) is 9.54 Å². The number of aliphatic hydroxyl groups excluding tert-OH is 1. The van der Waals surface area contributed by atoms with Gasteiger partial charge in [-0.1, -0.05) is 29.8 Å². The Hall–Kier alpha value is -3.10. The van der Waals surface area contributed by atoms with Crippen molar-refractivity contribution in [2.75, 3.05) is 7.11 Å². The zero-order valence-corrected chi connectivity index (χ0v) is 20.2. The summed E-state index contributed by atoms with van der Waals surface area (Å²) < 4.78 is 38.6. The molecule has 176 valence electrons. The molecule has 0 aliphatic heterocycles. The van der Waals surface area contributed by atoms with E-state index in [2.05, 4.69) is 0 Å². The molecule has 0 aliphatic rings. The van der Waals surface area contributed by atoms with Crippen LogP contribution >= 0.6 is 0 Å². The summed E-state index contributed by atoms with van der Waals surface area (Å²) in [6, 6.07) is 16.4. The van der Waals surface area contributed by atoms with Crippen molar-refractivity contribution in [1.82, 2.24) is 3.97 Å². The first-order chi connectivity index (χ1) is 15.4. The van der Waals surface area contributed by atoms with Crippen LogP contribution in [0.3, 0.4) is 0 Å². The van der Waals surface area contributed by atoms with Gasteiger partial charge in [0.05, 0.1) is 17.9 Å². The number of methoxy groups -OCH3 is 1. The van der Waals surface area contributed by atoms with Gasteiger partial charge >= 0.3 is 5.97 Å². The summed E-state index contributed by atoms with van der Waals surface area (Å²) in [6.45, 7) is 6.97. The molecule has 1 heterocycles. The first-order valence-corrected chi connectivity index (χ1v) is 11.9. The van der Waals surface area contributed by atoms with Crippen LogP contribution in [0.25, 0.3) is 0 Å². The minimum Gasteiger partial charge on any atom is -0.497 e. The third kappa shape index (κ3) is 5.46. The number of esters is 1. The van der Waals surface area contributed by atoms with Gasteiger partial charge in [-0.25, -0.2) is 17.2 Å². The molecular formula is C25H29NO6S. The molecule has 3 aromatic rings. The number of rotatable bonds is 7. The summed E-state index contributed by atoms with van der Waals surface area (Å²) in [7, 11) is -2.45. The molecule has 0 unspecified atom stereocenters. The minimum atomic E-state index is -3.97. The average Bonchev–Trinajstić information content (AvgIpc) is 3.24. The van der Waals surface area contributed by atoms with Gasteiger partial charge in [-0.2, -0.15) is 0 Å². The van der Waals surface area contributed by atoms with E-state index in [-0.39, 0.29) is 10.6 Å². The van der Waals surface area contributed by atoms with Crippen LogP contribution in [-0.4, -0.2) is 42.3 Å². The Labute approximate surface area is 194 Å². The van der Waals surface area contributed by atoms with Gasteiger partial charge < -0.3 is 14.6 Å². The highest BCUT2D eigenvalue weighted by atomic mass is 32.2. The number of benzene rings is 2. The number of ether oxygens (including phenoxy) is 2. The average molecular weight is 472 g/mol. The maximum Gasteiger partial charge on any atom is 0.336 e. The topological polar surface area (TPSA) is 94.8 Å². The molecule has 0 radical (unpaired) electrons. The normalized spacial score (nSPS) is 13.9. The van der Waals surface area contributed by atoms with Gasteiger partial charge in [0.1, 0.15) is 11.4 Å². The van der Waals surface area contributed by atoms with E-state index in [9.17, 15) is 18.3 Å². The van der Waals surface area contributed by atoms with Gasteiger partial charge in [0.2, 0.25) is 0 Å². The molecule has 2 atom stereocenters. The maximum atomic E-state index is 13.4. The third-order valence-electron chi connectivity index (χ3n) is 5.08. The fourth-order valence-corrected chi connectivity index (χ4v) is 4.88. The van der Waals surface area contributed by atoms with Crippen LogP contribution in [-0.2, 0) is 19.6 Å². The molecule has 0 saturated heterocycles. The van der Waals surface area contributed by atoms with E-state index < -0.39 is 33.6 Å². The lowest BCUT2D eigenvalue weighted by Gasteiger charge is -2.27. The third-order valence-corrected chi connectivity index (χ3v) is 6.80. The van der Waals surface area contributed by atoms with Gasteiger partial charge in [-0.15, -0.1) is 0 Å². The van der Waals surface area contributed by atoms with Gasteiger partial charge in [0.15, 0.2) is 6.10 Å². The molecule has 3 rings (SSSR count). The largest absolute Gasteiger partial charge is 0.497 e. The van der Waals surface area contributed by atoms with Crippen molar-refractivity contribution in [1.29, 1.82) is 0 Å². The van der Waals surface area contributed by atoms with E-state index in [0.29, 0.717) is 11.3 Å². The lowest BCUT2D eigenvalue weighted by molar-refractivity contribution is -0.165. The second kappa shape index (κ2) is 9.41. The van der Waals surface area contributed by atoms with Crippen molar-refractivity contribution in [3.05, 3.63) is 83.7 Å². The number of carbonyl (C=O) groups excluding carboxylic acids is 1. The van der Waals surface area contributed by atoms with Gasteiger partial charge in [0.25, 0.3) is 10.0 Å². The van der Waals surface area contributed by atoms with E-state index in [1.807, 2.05) is 6.92 Å². The molecule has 0 saturated carbocycles. The Bertz CT molecular complexity index is 1210. The summed E-state index contributed by atoms with van der Waals surface area (Å²) in [5.41, 5.74) is 0.879. The Morgan fingerprint density at radius 3 is 2.15 bits per heavy atom. The minimum absolute atomic E-state index is 0.103. The maximum absolute atomic E-state index is 13.4. The van der Waals surface area contributed by atoms with Crippen LogP contribution in [0.4, 0.5) is 0 Å². The van der Waals surface area contributed by atoms with Crippen molar-refractivity contribution in [3.63, 3.8) is 0 Å². The van der Waals surface area contributed by atoms with Crippen LogP contribution in [0.5, 0.6) is 5.75 Å². The van der Waals surface area contributed by atoms with Crippen molar-refractivity contribution in [2.45, 2.75) is 50.2 Å². The fourth-order valence-electron chi connectivity index (χ4n) is 3.49. The van der Waals surface area contributed by atoms with Crippen molar-refractivity contribution >= 4 is 16.0 Å². The number of carbonyl (C=O) groups is 1. The zero-order valence-electron chi connectivity index (χ0n) is 19.3. The molecule has 0 fully saturated rings. The van der Waals surface area contributed by atoms with Crippen LogP contribution in [0.1, 0.15) is 43.5 Å². The standard InChI is InChI=1S/C25H29NO6S/c1-17-8-14-20(15-9-17)33(29,30)26-16-6-7-21(26)22(18-10-12-19(31-5)13-11-18)23(27)24(28)32-25(2,3)4/h6-16,22-23,27H,1-5H3/t22-,23-/m0/s1. The SMILES string of the molecule is COc1ccc([C@@H](c2cccn2S(=O)(=O)c2ccc(C)cc2)[C@H](O)C(=O)OC(C)(C)C)cc1. The second-order valence-corrected chi connectivity index (χ2v) is 10.6. The summed E-state index contributed by atoms with van der Waals surface area (Å²) in [6.07, 6.45) is -0.234. The zero-order chi connectivity index (χ0) is 24.4. The molecule has 8 heteroatoms. The molecule has 0 bridgehead atoms. The quantitative estimate of drug-likeness (QED) is 0.526. The first-order valence-electron chi connectivity index (χ1n) is 10.5. The number of aliphatic hydroxyl groups is 1. The van der Waals surface area contributed by atoms with Gasteiger partial charge in [0, 0.05) is 11.9 Å². The molecular weight excluding hydrogens is 442 g/mol. The highest BCUT2D eigenvalue weighted by Crippen LogP contribution is 2.33. The lowest BCUT2D eigenvalue weighted by atomic mass is 9.90. The van der Waals surface area contributed by atoms with E-state index >= 15 is 0 Å². The molecule has 1 N–H and O–H groups in total. The number of hydrogen-bond acceptors (Lipinski definition) is 6. The molecule has 0 amide bonds. The molecule has 7 nitrogen and oxygen atoms in total. The van der Waals surface area contributed by atoms with Crippen molar-refractivity contribution in [2.24, 2.45) is 0 Å². The van der Waals surface area contributed by atoms with Crippen molar-refractivity contribution in [3.8, 4) is 5.75 Å². The smallest absolute Gasteiger partial charge is 0.336 e. The molecule has 0 aliphatic carbocycles. The van der Waals surface area contributed by atoms with E-state index in [1.54, 1.807) is 69.3 Å². The highest BCUT2D eigenvalue weighted by molar-refractivity contribution is 7.90. The van der Waals surface area contributed by atoms with Gasteiger partial charge in [-0.3, -0.25) is 0 Å². The highest BCUT2D eigenvalue weighted by Gasteiger charge is 2.36.